The maximum absolute atomic E-state index is 13.9. The molecule has 1 saturated heterocycles. The number of ether oxygens (including phenoxy) is 1. The van der Waals surface area contributed by atoms with E-state index in [1.165, 1.54) is 30.0 Å². The van der Waals surface area contributed by atoms with Crippen LogP contribution >= 0.6 is 11.6 Å². The van der Waals surface area contributed by atoms with Crippen molar-refractivity contribution in [3.05, 3.63) is 64.9 Å². The summed E-state index contributed by atoms with van der Waals surface area (Å²) in [5.74, 6) is -2.82. The van der Waals surface area contributed by atoms with Crippen LogP contribution in [0, 0.1) is 11.7 Å². The lowest BCUT2D eigenvalue weighted by Crippen LogP contribution is -2.37. The van der Waals surface area contributed by atoms with Gasteiger partial charge in [0, 0.05) is 24.5 Å². The zero-order chi connectivity index (χ0) is 21.0. The van der Waals surface area contributed by atoms with E-state index in [-0.39, 0.29) is 31.1 Å². The Labute approximate surface area is 172 Å². The van der Waals surface area contributed by atoms with Gasteiger partial charge in [-0.3, -0.25) is 14.4 Å². The number of amides is 2. The monoisotopic (exact) mass is 418 g/mol. The third kappa shape index (κ3) is 4.92. The average molecular weight is 419 g/mol. The quantitative estimate of drug-likeness (QED) is 0.731. The van der Waals surface area contributed by atoms with Gasteiger partial charge in [0.15, 0.2) is 6.10 Å². The molecule has 2 amide bonds. The first-order chi connectivity index (χ1) is 13.9. The molecule has 8 heteroatoms. The van der Waals surface area contributed by atoms with Gasteiger partial charge in [0.25, 0.3) is 5.91 Å². The molecule has 2 aromatic rings. The van der Waals surface area contributed by atoms with Crippen LogP contribution in [0.2, 0.25) is 5.02 Å². The van der Waals surface area contributed by atoms with Crippen LogP contribution in [-0.2, 0) is 25.7 Å². The van der Waals surface area contributed by atoms with Crippen molar-refractivity contribution in [1.29, 1.82) is 0 Å². The normalized spacial score (nSPS) is 17.1. The van der Waals surface area contributed by atoms with Gasteiger partial charge in [-0.05, 0) is 30.7 Å². The average Bonchev–Trinajstić information content (AvgIpc) is 3.09. The fourth-order valence-corrected chi connectivity index (χ4v) is 3.26. The molecule has 2 aromatic carbocycles. The van der Waals surface area contributed by atoms with Gasteiger partial charge in [0.2, 0.25) is 5.91 Å². The van der Waals surface area contributed by atoms with Crippen molar-refractivity contribution in [2.75, 3.05) is 11.4 Å². The van der Waals surface area contributed by atoms with Gasteiger partial charge in [-0.15, -0.1) is 0 Å². The Morgan fingerprint density at radius 2 is 1.93 bits per heavy atom. The minimum Gasteiger partial charge on any atom is -0.452 e. The second-order valence-corrected chi connectivity index (χ2v) is 7.15. The first-order valence-electron chi connectivity index (χ1n) is 9.13. The number of carbonyl (C=O) groups is 3. The summed E-state index contributed by atoms with van der Waals surface area (Å²) >= 11 is 6.05. The van der Waals surface area contributed by atoms with Gasteiger partial charge in [-0.2, -0.15) is 0 Å². The first kappa shape index (κ1) is 20.8. The zero-order valence-corrected chi connectivity index (χ0v) is 16.5. The highest BCUT2D eigenvalue weighted by Crippen LogP contribution is 2.28. The summed E-state index contributed by atoms with van der Waals surface area (Å²) in [5.41, 5.74) is 0.862. The van der Waals surface area contributed by atoms with Crippen LogP contribution in [0.4, 0.5) is 10.1 Å². The molecule has 2 atom stereocenters. The molecule has 0 aliphatic carbocycles. The van der Waals surface area contributed by atoms with Crippen molar-refractivity contribution in [2.45, 2.75) is 26.0 Å². The summed E-state index contributed by atoms with van der Waals surface area (Å²) in [5, 5.41) is 3.18. The van der Waals surface area contributed by atoms with Crippen LogP contribution in [0.1, 0.15) is 18.9 Å². The van der Waals surface area contributed by atoms with Gasteiger partial charge >= 0.3 is 5.97 Å². The molecule has 1 aliphatic heterocycles. The van der Waals surface area contributed by atoms with Crippen LogP contribution in [-0.4, -0.2) is 30.4 Å². The Bertz CT molecular complexity index is 936. The van der Waals surface area contributed by atoms with Crippen LogP contribution in [0.15, 0.2) is 48.5 Å². The van der Waals surface area contributed by atoms with Crippen LogP contribution in [0.25, 0.3) is 0 Å². The lowest BCUT2D eigenvalue weighted by Gasteiger charge is -2.18. The first-order valence-corrected chi connectivity index (χ1v) is 9.51. The number of rotatable bonds is 6. The topological polar surface area (TPSA) is 75.7 Å². The van der Waals surface area contributed by atoms with Crippen LogP contribution in [0.3, 0.4) is 0 Å². The van der Waals surface area contributed by atoms with Gasteiger partial charge in [0.1, 0.15) is 5.82 Å². The zero-order valence-electron chi connectivity index (χ0n) is 15.7. The van der Waals surface area contributed by atoms with Crippen molar-refractivity contribution >= 4 is 35.1 Å². The minimum absolute atomic E-state index is 0.00651. The lowest BCUT2D eigenvalue weighted by atomic mass is 10.1. The largest absolute Gasteiger partial charge is 0.452 e. The summed E-state index contributed by atoms with van der Waals surface area (Å²) in [6.45, 7) is 1.65. The predicted molar refractivity (Wildman–Crippen MR) is 106 cm³/mol. The van der Waals surface area contributed by atoms with E-state index in [2.05, 4.69) is 5.32 Å². The number of hydrogen-bond acceptors (Lipinski definition) is 4. The molecule has 1 heterocycles. The van der Waals surface area contributed by atoms with Crippen LogP contribution < -0.4 is 10.2 Å². The number of halogens is 2. The Morgan fingerprint density at radius 3 is 2.66 bits per heavy atom. The molecule has 0 unspecified atom stereocenters. The summed E-state index contributed by atoms with van der Waals surface area (Å²) < 4.78 is 19.2. The smallest absolute Gasteiger partial charge is 0.312 e. The number of anilines is 1. The highest BCUT2D eigenvalue weighted by atomic mass is 35.5. The molecule has 29 heavy (non-hydrogen) atoms. The van der Waals surface area contributed by atoms with Crippen molar-refractivity contribution < 1.29 is 23.5 Å². The number of hydrogen-bond donors (Lipinski definition) is 1. The Morgan fingerprint density at radius 1 is 1.24 bits per heavy atom. The molecule has 3 rings (SSSR count). The molecule has 0 aromatic heterocycles. The summed E-state index contributed by atoms with van der Waals surface area (Å²) in [7, 11) is 0. The molecule has 0 radical (unpaired) electrons. The Kier molecular flexibility index (Phi) is 6.49. The van der Waals surface area contributed by atoms with E-state index in [0.29, 0.717) is 5.02 Å². The summed E-state index contributed by atoms with van der Waals surface area (Å²) in [6.07, 6.45) is -1.14. The van der Waals surface area contributed by atoms with Crippen molar-refractivity contribution in [2.24, 2.45) is 5.92 Å². The Balaban J connectivity index is 1.54. The highest BCUT2D eigenvalue weighted by molar-refractivity contribution is 6.31. The number of para-hydroxylation sites is 1. The van der Waals surface area contributed by atoms with E-state index in [0.717, 1.165) is 5.56 Å². The van der Waals surface area contributed by atoms with Crippen molar-refractivity contribution in [3.8, 4) is 0 Å². The standard InChI is InChI=1S/C21H20ClFN2O4/c1-13(20(27)24-11-14-6-2-3-7-16(14)22)29-21(28)15-10-19(26)25(12-15)18-9-5-4-8-17(18)23/h2-9,13,15H,10-12H2,1H3,(H,24,27)/t13-,15+/m0/s1. The number of benzene rings is 2. The predicted octanol–water partition coefficient (Wildman–Crippen LogP) is 3.08. The third-order valence-electron chi connectivity index (χ3n) is 4.67. The van der Waals surface area contributed by atoms with E-state index in [4.69, 9.17) is 16.3 Å². The van der Waals surface area contributed by atoms with Crippen molar-refractivity contribution in [1.82, 2.24) is 5.32 Å². The molecule has 152 valence electrons. The molecule has 0 bridgehead atoms. The molecule has 1 fully saturated rings. The molecule has 1 N–H and O–H groups in total. The summed E-state index contributed by atoms with van der Waals surface area (Å²) in [6, 6.07) is 12.9. The van der Waals surface area contributed by atoms with Gasteiger partial charge in [-0.1, -0.05) is 41.9 Å². The number of carbonyl (C=O) groups excluding carboxylic acids is 3. The molecular weight excluding hydrogens is 399 g/mol. The van der Waals surface area contributed by atoms with Crippen molar-refractivity contribution in [3.63, 3.8) is 0 Å². The van der Waals surface area contributed by atoms with Gasteiger partial charge in [-0.25, -0.2) is 4.39 Å². The third-order valence-corrected chi connectivity index (χ3v) is 5.04. The molecule has 6 nitrogen and oxygen atoms in total. The molecule has 1 aliphatic rings. The maximum atomic E-state index is 13.9. The highest BCUT2D eigenvalue weighted by Gasteiger charge is 2.38. The molecule has 0 saturated carbocycles. The van der Waals surface area contributed by atoms with Gasteiger partial charge < -0.3 is 15.0 Å². The number of esters is 1. The van der Waals surface area contributed by atoms with E-state index in [9.17, 15) is 18.8 Å². The van der Waals surface area contributed by atoms with E-state index in [1.54, 1.807) is 30.3 Å². The molecular formula is C21H20ClFN2O4. The van der Waals surface area contributed by atoms with E-state index in [1.807, 2.05) is 0 Å². The summed E-state index contributed by atoms with van der Waals surface area (Å²) in [4.78, 5) is 38.1. The Hall–Kier alpha value is -2.93. The molecule has 0 spiro atoms. The second-order valence-electron chi connectivity index (χ2n) is 6.75. The SMILES string of the molecule is C[C@H](OC(=O)[C@@H]1CC(=O)N(c2ccccc2F)C1)C(=O)NCc1ccccc1Cl. The minimum atomic E-state index is -1.04. The van der Waals surface area contributed by atoms with Crippen LogP contribution in [0.5, 0.6) is 0 Å². The number of nitrogens with zero attached hydrogens (tertiary/aromatic N) is 1. The second kappa shape index (κ2) is 9.05. The fraction of sp³-hybridized carbons (Fsp3) is 0.286. The van der Waals surface area contributed by atoms with E-state index >= 15 is 0 Å². The van der Waals surface area contributed by atoms with Gasteiger partial charge in [0.05, 0.1) is 11.6 Å². The fourth-order valence-electron chi connectivity index (χ4n) is 3.06. The van der Waals surface area contributed by atoms with E-state index < -0.39 is 29.7 Å². The lowest BCUT2D eigenvalue weighted by molar-refractivity contribution is -0.158. The number of nitrogens with one attached hydrogen (secondary N) is 1. The maximum Gasteiger partial charge on any atom is 0.312 e.